The zero-order valence-electron chi connectivity index (χ0n) is 10.6. The summed E-state index contributed by atoms with van der Waals surface area (Å²) in [6.45, 7) is 0. The van der Waals surface area contributed by atoms with Crippen molar-refractivity contribution in [2.75, 3.05) is 0 Å². The molecule has 1 nitrogen and oxygen atoms in total. The Morgan fingerprint density at radius 3 is 2.68 bits per heavy atom. The second kappa shape index (κ2) is 6.07. The lowest BCUT2D eigenvalue weighted by atomic mass is 9.75. The van der Waals surface area contributed by atoms with Crippen molar-refractivity contribution < 1.29 is 18.0 Å². The summed E-state index contributed by atoms with van der Waals surface area (Å²) in [6.07, 6.45) is -1.62. The Hall–Kier alpha value is -0.840. The number of hydrogen-bond donors (Lipinski definition) is 0. The van der Waals surface area contributed by atoms with Crippen molar-refractivity contribution in [1.82, 2.24) is 0 Å². The highest BCUT2D eigenvalue weighted by molar-refractivity contribution is 7.07. The van der Waals surface area contributed by atoms with Gasteiger partial charge in [-0.1, -0.05) is 12.8 Å². The monoisotopic (exact) mass is 290 g/mol. The summed E-state index contributed by atoms with van der Waals surface area (Å²) >= 11 is 1.54. The number of Topliss-reactive ketones (excluding diaryl/α,β-unsaturated/α-hetero) is 1. The lowest BCUT2D eigenvalue weighted by Crippen LogP contribution is -2.37. The van der Waals surface area contributed by atoms with Crippen molar-refractivity contribution >= 4 is 17.1 Å². The molecule has 0 N–H and O–H groups in total. The molecule has 0 saturated heterocycles. The number of aryl methyl sites for hydroxylation is 1. The van der Waals surface area contributed by atoms with E-state index in [1.54, 1.807) is 11.3 Å². The van der Waals surface area contributed by atoms with E-state index in [9.17, 15) is 18.0 Å². The van der Waals surface area contributed by atoms with Gasteiger partial charge in [0.2, 0.25) is 0 Å². The van der Waals surface area contributed by atoms with Crippen LogP contribution in [0.25, 0.3) is 0 Å². The first kappa shape index (κ1) is 14.6. The number of rotatable bonds is 4. The Kier molecular flexibility index (Phi) is 4.66. The van der Waals surface area contributed by atoms with Gasteiger partial charge in [0.25, 0.3) is 0 Å². The Labute approximate surface area is 114 Å². The van der Waals surface area contributed by atoms with Gasteiger partial charge in [-0.2, -0.15) is 24.5 Å². The molecule has 0 bridgehead atoms. The average molecular weight is 290 g/mol. The smallest absolute Gasteiger partial charge is 0.299 e. The van der Waals surface area contributed by atoms with Crippen LogP contribution in [0.4, 0.5) is 13.2 Å². The van der Waals surface area contributed by atoms with Crippen molar-refractivity contribution in [2.45, 2.75) is 44.7 Å². The molecule has 0 aliphatic heterocycles. The van der Waals surface area contributed by atoms with Crippen LogP contribution in [-0.2, 0) is 11.2 Å². The summed E-state index contributed by atoms with van der Waals surface area (Å²) in [5, 5.41) is 3.86. The molecule has 0 aromatic carbocycles. The first-order valence-electron chi connectivity index (χ1n) is 6.59. The molecule has 2 unspecified atom stereocenters. The van der Waals surface area contributed by atoms with Crippen molar-refractivity contribution in [1.29, 1.82) is 0 Å². The maximum Gasteiger partial charge on any atom is 0.392 e. The maximum absolute atomic E-state index is 12.9. The topological polar surface area (TPSA) is 17.1 Å². The van der Waals surface area contributed by atoms with Gasteiger partial charge in [0.05, 0.1) is 5.92 Å². The van der Waals surface area contributed by atoms with Crippen LogP contribution < -0.4 is 0 Å². The third-order valence-electron chi connectivity index (χ3n) is 3.84. The molecule has 1 aromatic rings. The number of carbonyl (C=O) groups is 1. The van der Waals surface area contributed by atoms with Gasteiger partial charge in [-0.3, -0.25) is 4.79 Å². The molecule has 2 rings (SSSR count). The fraction of sp³-hybridized carbons (Fsp3) is 0.643. The van der Waals surface area contributed by atoms with Crippen molar-refractivity contribution in [3.8, 4) is 0 Å². The van der Waals surface area contributed by atoms with Crippen LogP contribution in [0.3, 0.4) is 0 Å². The average Bonchev–Trinajstić information content (AvgIpc) is 2.88. The highest BCUT2D eigenvalue weighted by Crippen LogP contribution is 2.42. The minimum atomic E-state index is -4.23. The fourth-order valence-corrected chi connectivity index (χ4v) is 3.50. The van der Waals surface area contributed by atoms with Gasteiger partial charge >= 0.3 is 6.18 Å². The van der Waals surface area contributed by atoms with Crippen molar-refractivity contribution in [2.24, 2.45) is 11.8 Å². The third-order valence-corrected chi connectivity index (χ3v) is 4.57. The van der Waals surface area contributed by atoms with Crippen LogP contribution in [0.5, 0.6) is 0 Å². The van der Waals surface area contributed by atoms with Gasteiger partial charge in [-0.15, -0.1) is 0 Å². The predicted molar refractivity (Wildman–Crippen MR) is 69.2 cm³/mol. The number of halogens is 3. The van der Waals surface area contributed by atoms with Crippen LogP contribution in [0.2, 0.25) is 0 Å². The number of hydrogen-bond acceptors (Lipinski definition) is 2. The number of thiophene rings is 1. The summed E-state index contributed by atoms with van der Waals surface area (Å²) in [4.78, 5) is 12.1. The van der Waals surface area contributed by atoms with Gasteiger partial charge < -0.3 is 0 Å². The summed E-state index contributed by atoms with van der Waals surface area (Å²) in [5.41, 5.74) is 1.04. The Balaban J connectivity index is 1.95. The Morgan fingerprint density at radius 1 is 1.32 bits per heavy atom. The number of alkyl halides is 3. The van der Waals surface area contributed by atoms with Crippen LogP contribution in [0.15, 0.2) is 16.8 Å². The van der Waals surface area contributed by atoms with E-state index in [0.29, 0.717) is 19.3 Å². The molecule has 2 atom stereocenters. The quantitative estimate of drug-likeness (QED) is 0.791. The molecule has 1 aliphatic carbocycles. The zero-order chi connectivity index (χ0) is 13.9. The van der Waals surface area contributed by atoms with E-state index >= 15 is 0 Å². The van der Waals surface area contributed by atoms with Gasteiger partial charge in [0.1, 0.15) is 5.78 Å². The lowest BCUT2D eigenvalue weighted by molar-refractivity contribution is -0.197. The molecule has 106 valence electrons. The van der Waals surface area contributed by atoms with Gasteiger partial charge in [0, 0.05) is 12.3 Å². The van der Waals surface area contributed by atoms with E-state index in [1.165, 1.54) is 0 Å². The van der Waals surface area contributed by atoms with Crippen LogP contribution in [0.1, 0.15) is 37.7 Å². The molecular weight excluding hydrogens is 273 g/mol. The van der Waals surface area contributed by atoms with Crippen molar-refractivity contribution in [3.63, 3.8) is 0 Å². The highest BCUT2D eigenvalue weighted by Gasteiger charge is 2.47. The Bertz CT molecular complexity index is 411. The molecule has 0 radical (unpaired) electrons. The molecule has 1 heterocycles. The SMILES string of the molecule is O=C(CCc1ccsc1)C1CCCCC1C(F)(F)F. The summed E-state index contributed by atoms with van der Waals surface area (Å²) in [7, 11) is 0. The molecule has 1 aromatic heterocycles. The predicted octanol–water partition coefficient (Wildman–Crippen LogP) is 4.62. The van der Waals surface area contributed by atoms with Gasteiger partial charge in [-0.05, 0) is 41.7 Å². The molecule has 19 heavy (non-hydrogen) atoms. The molecule has 5 heteroatoms. The molecule has 0 amide bonds. The Morgan fingerprint density at radius 2 is 2.05 bits per heavy atom. The van der Waals surface area contributed by atoms with E-state index < -0.39 is 18.0 Å². The lowest BCUT2D eigenvalue weighted by Gasteiger charge is -2.32. The van der Waals surface area contributed by atoms with Crippen LogP contribution in [-0.4, -0.2) is 12.0 Å². The zero-order valence-corrected chi connectivity index (χ0v) is 11.4. The first-order chi connectivity index (χ1) is 8.98. The van der Waals surface area contributed by atoms with E-state index in [-0.39, 0.29) is 18.6 Å². The second-order valence-corrected chi connectivity index (χ2v) is 5.92. The summed E-state index contributed by atoms with van der Waals surface area (Å²) in [6, 6.07) is 1.92. The van der Waals surface area contributed by atoms with E-state index in [1.807, 2.05) is 16.8 Å². The molecule has 1 saturated carbocycles. The minimum absolute atomic E-state index is 0.109. The van der Waals surface area contributed by atoms with E-state index in [0.717, 1.165) is 12.0 Å². The largest absolute Gasteiger partial charge is 0.392 e. The van der Waals surface area contributed by atoms with Crippen LogP contribution in [0, 0.1) is 11.8 Å². The van der Waals surface area contributed by atoms with Gasteiger partial charge in [0.15, 0.2) is 0 Å². The van der Waals surface area contributed by atoms with Gasteiger partial charge in [-0.25, -0.2) is 0 Å². The fourth-order valence-electron chi connectivity index (χ4n) is 2.80. The molecular formula is C14H17F3OS. The molecule has 1 fully saturated rings. The standard InChI is InChI=1S/C14H17F3OS/c15-14(16,17)12-4-2-1-3-11(12)13(18)6-5-10-7-8-19-9-10/h7-9,11-12H,1-6H2. The second-order valence-electron chi connectivity index (χ2n) is 5.14. The maximum atomic E-state index is 12.9. The van der Waals surface area contributed by atoms with E-state index in [2.05, 4.69) is 0 Å². The summed E-state index contributed by atoms with van der Waals surface area (Å²) in [5.74, 6) is -2.45. The normalized spacial score (nSPS) is 24.4. The highest BCUT2D eigenvalue weighted by atomic mass is 32.1. The number of ketones is 1. The van der Waals surface area contributed by atoms with E-state index in [4.69, 9.17) is 0 Å². The molecule has 1 aliphatic rings. The molecule has 0 spiro atoms. The van der Waals surface area contributed by atoms with Crippen molar-refractivity contribution in [3.05, 3.63) is 22.4 Å². The summed E-state index contributed by atoms with van der Waals surface area (Å²) < 4.78 is 38.7. The third kappa shape index (κ3) is 3.81. The van der Waals surface area contributed by atoms with Crippen LogP contribution >= 0.6 is 11.3 Å². The minimum Gasteiger partial charge on any atom is -0.299 e. The first-order valence-corrected chi connectivity index (χ1v) is 7.53. The number of carbonyl (C=O) groups excluding carboxylic acids is 1.